The summed E-state index contributed by atoms with van der Waals surface area (Å²) in [4.78, 5) is 16.3. The van der Waals surface area contributed by atoms with Crippen LogP contribution in [0.4, 0.5) is 15.9 Å². The SMILES string of the molecule is CNc1cc(F)cc2c1Cc1nc(Oc3ccc(C)nc3)nc(N3CC4CCC(N)C3C4)c1-2. The van der Waals surface area contributed by atoms with E-state index in [4.69, 9.17) is 20.4 Å². The predicted octanol–water partition coefficient (Wildman–Crippen LogP) is 4.04. The van der Waals surface area contributed by atoms with E-state index in [9.17, 15) is 4.39 Å². The van der Waals surface area contributed by atoms with Gasteiger partial charge in [0.05, 0.1) is 11.9 Å². The number of halogens is 1. The zero-order valence-corrected chi connectivity index (χ0v) is 18.8. The van der Waals surface area contributed by atoms with Crippen molar-refractivity contribution in [2.75, 3.05) is 23.8 Å². The van der Waals surface area contributed by atoms with Gasteiger partial charge in [0.25, 0.3) is 0 Å². The number of pyridine rings is 1. The first-order valence-corrected chi connectivity index (χ1v) is 11.5. The van der Waals surface area contributed by atoms with Gasteiger partial charge in [-0.05, 0) is 67.5 Å². The lowest BCUT2D eigenvalue weighted by Gasteiger charge is -2.32. The van der Waals surface area contributed by atoms with Crippen LogP contribution in [0.25, 0.3) is 11.1 Å². The Morgan fingerprint density at radius 1 is 1.21 bits per heavy atom. The highest BCUT2D eigenvalue weighted by Gasteiger charge is 2.42. The topological polar surface area (TPSA) is 89.2 Å². The van der Waals surface area contributed by atoms with Crippen molar-refractivity contribution in [2.45, 2.75) is 44.7 Å². The number of rotatable bonds is 4. The summed E-state index contributed by atoms with van der Waals surface area (Å²) in [6.07, 6.45) is 5.48. The normalized spacial score (nSPS) is 22.8. The summed E-state index contributed by atoms with van der Waals surface area (Å²) in [6, 6.07) is 7.49. The summed E-state index contributed by atoms with van der Waals surface area (Å²) < 4.78 is 20.6. The molecule has 0 spiro atoms. The molecule has 3 aromatic rings. The maximum absolute atomic E-state index is 14.5. The Bertz CT molecular complexity index is 1230. The van der Waals surface area contributed by atoms with E-state index in [1.165, 1.54) is 6.07 Å². The van der Waals surface area contributed by atoms with Crippen LogP contribution < -0.4 is 20.7 Å². The van der Waals surface area contributed by atoms with Crippen molar-refractivity contribution >= 4 is 11.5 Å². The molecule has 6 rings (SSSR count). The molecule has 3 unspecified atom stereocenters. The molecule has 2 aromatic heterocycles. The molecular formula is C25H27FN6O. The van der Waals surface area contributed by atoms with E-state index >= 15 is 0 Å². The summed E-state index contributed by atoms with van der Waals surface area (Å²) in [5.74, 6) is 1.71. The quantitative estimate of drug-likeness (QED) is 0.489. The fourth-order valence-corrected chi connectivity index (χ4v) is 5.63. The summed E-state index contributed by atoms with van der Waals surface area (Å²) in [5.41, 5.74) is 11.8. The number of nitrogens with one attached hydrogen (secondary N) is 1. The molecule has 2 fully saturated rings. The molecule has 33 heavy (non-hydrogen) atoms. The third-order valence-electron chi connectivity index (χ3n) is 7.24. The molecule has 3 heterocycles. The number of hydrogen-bond donors (Lipinski definition) is 2. The number of nitrogens with zero attached hydrogens (tertiary/aromatic N) is 4. The molecule has 1 aromatic carbocycles. The highest BCUT2D eigenvalue weighted by atomic mass is 19.1. The number of nitrogens with two attached hydrogens (primary N) is 1. The smallest absolute Gasteiger partial charge is 0.324 e. The molecule has 1 aliphatic heterocycles. The maximum atomic E-state index is 14.5. The number of ether oxygens (including phenoxy) is 1. The highest BCUT2D eigenvalue weighted by Crippen LogP contribution is 2.48. The minimum atomic E-state index is -0.278. The van der Waals surface area contributed by atoms with E-state index in [0.29, 0.717) is 18.1 Å². The van der Waals surface area contributed by atoms with Crippen LogP contribution in [0, 0.1) is 18.7 Å². The number of benzene rings is 1. The number of hydrogen-bond acceptors (Lipinski definition) is 7. The molecule has 7 nitrogen and oxygen atoms in total. The largest absolute Gasteiger partial charge is 0.423 e. The Morgan fingerprint density at radius 3 is 2.88 bits per heavy atom. The molecule has 2 aliphatic carbocycles. The summed E-state index contributed by atoms with van der Waals surface area (Å²) in [7, 11) is 1.81. The first kappa shape index (κ1) is 20.4. The van der Waals surface area contributed by atoms with E-state index in [-0.39, 0.29) is 23.9 Å². The van der Waals surface area contributed by atoms with Crippen molar-refractivity contribution < 1.29 is 9.13 Å². The van der Waals surface area contributed by atoms with Gasteiger partial charge in [0, 0.05) is 49.0 Å². The van der Waals surface area contributed by atoms with Gasteiger partial charge in [-0.25, -0.2) is 4.39 Å². The molecule has 3 N–H and O–H groups in total. The second kappa shape index (κ2) is 7.66. The van der Waals surface area contributed by atoms with Crippen LogP contribution in [0.5, 0.6) is 11.8 Å². The van der Waals surface area contributed by atoms with Crippen LogP contribution in [0.3, 0.4) is 0 Å². The van der Waals surface area contributed by atoms with E-state index < -0.39 is 0 Å². The molecule has 170 valence electrons. The van der Waals surface area contributed by atoms with Gasteiger partial charge in [0.2, 0.25) is 0 Å². The van der Waals surface area contributed by atoms with Crippen molar-refractivity contribution in [1.29, 1.82) is 0 Å². The number of fused-ring (bicyclic) bond motifs is 5. The Kier molecular flexibility index (Phi) is 4.72. The molecule has 3 aliphatic rings. The van der Waals surface area contributed by atoms with Gasteiger partial charge in [-0.2, -0.15) is 9.97 Å². The van der Waals surface area contributed by atoms with E-state index in [1.807, 2.05) is 26.1 Å². The standard InChI is InChI=1S/C25H27FN6O/c1-13-3-5-16(11-29-13)33-25-30-21-10-17-18(8-15(26)9-20(17)28-2)23(21)24(31-25)32-12-14-4-6-19(27)22(32)7-14/h3,5,8-9,11,14,19,22,28H,4,6-7,10,12,27H2,1-2H3. The number of anilines is 2. The Hall–Kier alpha value is -3.26. The van der Waals surface area contributed by atoms with E-state index in [2.05, 4.69) is 15.2 Å². The lowest BCUT2D eigenvalue weighted by Crippen LogP contribution is -2.45. The zero-order chi connectivity index (χ0) is 22.7. The lowest BCUT2D eigenvalue weighted by atomic mass is 9.87. The molecule has 0 radical (unpaired) electrons. The Morgan fingerprint density at radius 2 is 2.09 bits per heavy atom. The molecule has 3 atom stereocenters. The summed E-state index contributed by atoms with van der Waals surface area (Å²) in [5, 5.41) is 3.13. The predicted molar refractivity (Wildman–Crippen MR) is 125 cm³/mol. The molecule has 8 heteroatoms. The highest BCUT2D eigenvalue weighted by molar-refractivity contribution is 5.88. The lowest BCUT2D eigenvalue weighted by molar-refractivity contribution is 0.370. The van der Waals surface area contributed by atoms with Gasteiger partial charge in [0.1, 0.15) is 17.4 Å². The van der Waals surface area contributed by atoms with Crippen LogP contribution in [0.15, 0.2) is 30.5 Å². The van der Waals surface area contributed by atoms with Crippen LogP contribution in [-0.4, -0.2) is 40.6 Å². The molecule has 1 saturated carbocycles. The van der Waals surface area contributed by atoms with Crippen LogP contribution in [0.2, 0.25) is 0 Å². The molecule has 1 saturated heterocycles. The van der Waals surface area contributed by atoms with Gasteiger partial charge in [-0.15, -0.1) is 0 Å². The number of aromatic nitrogens is 3. The van der Waals surface area contributed by atoms with Gasteiger partial charge in [-0.3, -0.25) is 4.98 Å². The fourth-order valence-electron chi connectivity index (χ4n) is 5.63. The second-order valence-corrected chi connectivity index (χ2v) is 9.36. The van der Waals surface area contributed by atoms with Gasteiger partial charge in [0.15, 0.2) is 0 Å². The first-order chi connectivity index (χ1) is 16.0. The van der Waals surface area contributed by atoms with Crippen LogP contribution >= 0.6 is 0 Å². The van der Waals surface area contributed by atoms with Crippen molar-refractivity contribution in [3.63, 3.8) is 0 Å². The zero-order valence-electron chi connectivity index (χ0n) is 18.8. The van der Waals surface area contributed by atoms with Crippen molar-refractivity contribution in [2.24, 2.45) is 11.7 Å². The molecule has 2 bridgehead atoms. The Labute approximate surface area is 192 Å². The minimum absolute atomic E-state index is 0.0984. The van der Waals surface area contributed by atoms with Crippen LogP contribution in [0.1, 0.15) is 36.2 Å². The Balaban J connectivity index is 1.50. The van der Waals surface area contributed by atoms with Crippen molar-refractivity contribution in [3.05, 3.63) is 53.2 Å². The summed E-state index contributed by atoms with van der Waals surface area (Å²) >= 11 is 0. The van der Waals surface area contributed by atoms with E-state index in [0.717, 1.165) is 65.4 Å². The van der Waals surface area contributed by atoms with Gasteiger partial charge >= 0.3 is 6.01 Å². The van der Waals surface area contributed by atoms with E-state index in [1.54, 1.807) is 12.3 Å². The minimum Gasteiger partial charge on any atom is -0.423 e. The third kappa shape index (κ3) is 3.40. The average molecular weight is 447 g/mol. The summed E-state index contributed by atoms with van der Waals surface area (Å²) in [6.45, 7) is 2.83. The molecule has 0 amide bonds. The average Bonchev–Trinajstić information content (AvgIpc) is 3.35. The maximum Gasteiger partial charge on any atom is 0.324 e. The second-order valence-electron chi connectivity index (χ2n) is 9.36. The van der Waals surface area contributed by atoms with Crippen molar-refractivity contribution in [1.82, 2.24) is 15.0 Å². The van der Waals surface area contributed by atoms with Crippen LogP contribution in [-0.2, 0) is 6.42 Å². The van der Waals surface area contributed by atoms with Gasteiger partial charge < -0.3 is 20.7 Å². The monoisotopic (exact) mass is 446 g/mol. The number of aryl methyl sites for hydroxylation is 1. The van der Waals surface area contributed by atoms with Crippen molar-refractivity contribution in [3.8, 4) is 22.9 Å². The first-order valence-electron chi connectivity index (χ1n) is 11.5. The van der Waals surface area contributed by atoms with Gasteiger partial charge in [-0.1, -0.05) is 0 Å². The molecular weight excluding hydrogens is 419 g/mol. The fraction of sp³-hybridized carbons (Fsp3) is 0.400. The third-order valence-corrected chi connectivity index (χ3v) is 7.24.